The van der Waals surface area contributed by atoms with Crippen LogP contribution in [0.15, 0.2) is 39.5 Å². The Labute approximate surface area is 141 Å². The molecule has 3 heterocycles. The summed E-state index contributed by atoms with van der Waals surface area (Å²) in [5.74, 6) is 0.438. The molecule has 1 amide bonds. The molecular weight excluding hydrogens is 362 g/mol. The highest BCUT2D eigenvalue weighted by Crippen LogP contribution is 2.17. The van der Waals surface area contributed by atoms with Crippen molar-refractivity contribution in [2.45, 2.75) is 19.9 Å². The molecule has 0 aliphatic heterocycles. The molecule has 120 valence electrons. The number of hydrogen-bond acceptors (Lipinski definition) is 4. The van der Waals surface area contributed by atoms with Crippen LogP contribution < -0.4 is 5.32 Å². The van der Waals surface area contributed by atoms with Crippen molar-refractivity contribution in [2.24, 2.45) is 0 Å². The molecule has 2 N–H and O–H groups in total. The van der Waals surface area contributed by atoms with Gasteiger partial charge in [-0.05, 0) is 41.4 Å². The zero-order chi connectivity index (χ0) is 16.2. The van der Waals surface area contributed by atoms with Crippen LogP contribution in [0, 0.1) is 6.92 Å². The minimum atomic E-state index is -0.211. The van der Waals surface area contributed by atoms with Gasteiger partial charge in [0.15, 0.2) is 11.5 Å². The highest BCUT2D eigenvalue weighted by Gasteiger charge is 2.12. The first-order valence-corrected chi connectivity index (χ1v) is 8.00. The molecule has 0 aliphatic carbocycles. The third kappa shape index (κ3) is 3.70. The Bertz CT molecular complexity index is 771. The van der Waals surface area contributed by atoms with E-state index in [0.29, 0.717) is 23.7 Å². The van der Waals surface area contributed by atoms with Gasteiger partial charge in [-0.15, -0.1) is 0 Å². The van der Waals surface area contributed by atoms with Crippen molar-refractivity contribution in [3.8, 4) is 11.5 Å². The molecule has 0 saturated carbocycles. The predicted octanol–water partition coefficient (Wildman–Crippen LogP) is 2.76. The second-order valence-corrected chi connectivity index (χ2v) is 5.93. The summed E-state index contributed by atoms with van der Waals surface area (Å²) in [6.45, 7) is 3.24. The van der Waals surface area contributed by atoms with Crippen molar-refractivity contribution < 1.29 is 9.21 Å². The number of aromatic amines is 1. The molecule has 0 unspecified atom stereocenters. The molecule has 0 atom stereocenters. The van der Waals surface area contributed by atoms with Crippen molar-refractivity contribution in [2.75, 3.05) is 6.54 Å². The molecule has 0 saturated heterocycles. The second-order valence-electron chi connectivity index (χ2n) is 5.08. The number of aryl methyl sites for hydroxylation is 2. The van der Waals surface area contributed by atoms with Gasteiger partial charge in [-0.1, -0.05) is 0 Å². The number of hydrogen-bond donors (Lipinski definition) is 2. The molecule has 23 heavy (non-hydrogen) atoms. The Morgan fingerprint density at radius 1 is 1.52 bits per heavy atom. The molecule has 0 bridgehead atoms. The van der Waals surface area contributed by atoms with Gasteiger partial charge < -0.3 is 9.73 Å². The lowest BCUT2D eigenvalue weighted by atomic mass is 10.3. The lowest BCUT2D eigenvalue weighted by Crippen LogP contribution is -2.25. The summed E-state index contributed by atoms with van der Waals surface area (Å²) in [6.07, 6.45) is 4.29. The van der Waals surface area contributed by atoms with Crippen LogP contribution in [-0.4, -0.2) is 32.4 Å². The average Bonchev–Trinajstić information content (AvgIpc) is 3.25. The fraction of sp³-hybridized carbons (Fsp3) is 0.267. The van der Waals surface area contributed by atoms with Gasteiger partial charge in [0.05, 0.1) is 16.4 Å². The number of nitrogens with zero attached hydrogens (tertiary/aromatic N) is 3. The summed E-state index contributed by atoms with van der Waals surface area (Å²) in [5.41, 5.74) is 1.97. The van der Waals surface area contributed by atoms with E-state index in [9.17, 15) is 4.79 Å². The summed E-state index contributed by atoms with van der Waals surface area (Å²) in [5, 5.41) is 14.0. The van der Waals surface area contributed by atoms with Gasteiger partial charge in [-0.25, -0.2) is 0 Å². The zero-order valence-electron chi connectivity index (χ0n) is 12.5. The number of rotatable bonds is 6. The Morgan fingerprint density at radius 2 is 2.39 bits per heavy atom. The molecule has 0 aromatic carbocycles. The Kier molecular flexibility index (Phi) is 4.61. The number of H-pyrrole nitrogens is 1. The number of carbonyl (C=O) groups is 1. The van der Waals surface area contributed by atoms with E-state index < -0.39 is 0 Å². The molecule has 3 aromatic rings. The van der Waals surface area contributed by atoms with Gasteiger partial charge in [-0.3, -0.25) is 14.6 Å². The first-order valence-electron chi connectivity index (χ1n) is 7.20. The summed E-state index contributed by atoms with van der Waals surface area (Å²) in [6, 6.07) is 5.26. The highest BCUT2D eigenvalue weighted by molar-refractivity contribution is 9.10. The van der Waals surface area contributed by atoms with Crippen LogP contribution in [0.3, 0.4) is 0 Å². The lowest BCUT2D eigenvalue weighted by Gasteiger charge is -2.03. The van der Waals surface area contributed by atoms with Crippen LogP contribution in [0.5, 0.6) is 0 Å². The standard InChI is InChI=1S/C15H16BrN5O2/c1-10-11(16)9-21(20-10)6-3-5-17-15(22)13-8-12(18-19-13)14-4-2-7-23-14/h2,4,7-9H,3,5-6H2,1H3,(H,17,22)(H,18,19). The third-order valence-electron chi connectivity index (χ3n) is 3.33. The van der Waals surface area contributed by atoms with Gasteiger partial charge in [0.1, 0.15) is 5.69 Å². The molecule has 0 radical (unpaired) electrons. The van der Waals surface area contributed by atoms with E-state index in [2.05, 4.69) is 36.5 Å². The van der Waals surface area contributed by atoms with E-state index in [4.69, 9.17) is 4.42 Å². The normalized spacial score (nSPS) is 10.9. The maximum Gasteiger partial charge on any atom is 0.271 e. The molecule has 0 spiro atoms. The summed E-state index contributed by atoms with van der Waals surface area (Å²) in [7, 11) is 0. The first kappa shape index (κ1) is 15.5. The molecule has 8 heteroatoms. The maximum absolute atomic E-state index is 12.0. The monoisotopic (exact) mass is 377 g/mol. The van der Waals surface area contributed by atoms with Crippen molar-refractivity contribution in [3.63, 3.8) is 0 Å². The van der Waals surface area contributed by atoms with Crippen LogP contribution in [-0.2, 0) is 6.54 Å². The number of halogens is 1. The molecule has 3 rings (SSSR count). The van der Waals surface area contributed by atoms with Crippen LogP contribution in [0.1, 0.15) is 22.6 Å². The maximum atomic E-state index is 12.0. The largest absolute Gasteiger partial charge is 0.463 e. The molecule has 0 aliphatic rings. The van der Waals surface area contributed by atoms with E-state index in [1.165, 1.54) is 0 Å². The van der Waals surface area contributed by atoms with E-state index in [-0.39, 0.29) is 5.91 Å². The summed E-state index contributed by atoms with van der Waals surface area (Å²) < 4.78 is 8.10. The van der Waals surface area contributed by atoms with Crippen molar-refractivity contribution in [1.82, 2.24) is 25.3 Å². The lowest BCUT2D eigenvalue weighted by molar-refractivity contribution is 0.0947. The van der Waals surface area contributed by atoms with Crippen molar-refractivity contribution >= 4 is 21.8 Å². The summed E-state index contributed by atoms with van der Waals surface area (Å²) in [4.78, 5) is 12.0. The van der Waals surface area contributed by atoms with Crippen LogP contribution in [0.4, 0.5) is 0 Å². The van der Waals surface area contributed by atoms with Gasteiger partial charge in [-0.2, -0.15) is 10.2 Å². The third-order valence-corrected chi connectivity index (χ3v) is 4.11. The van der Waals surface area contributed by atoms with Crippen LogP contribution >= 0.6 is 15.9 Å². The van der Waals surface area contributed by atoms with Crippen LogP contribution in [0.25, 0.3) is 11.5 Å². The number of furan rings is 1. The predicted molar refractivity (Wildman–Crippen MR) is 87.9 cm³/mol. The zero-order valence-corrected chi connectivity index (χ0v) is 14.1. The number of amides is 1. The van der Waals surface area contributed by atoms with E-state index in [1.807, 2.05) is 17.8 Å². The number of carbonyl (C=O) groups excluding carboxylic acids is 1. The molecular formula is C15H16BrN5O2. The Hall–Kier alpha value is -2.35. The minimum Gasteiger partial charge on any atom is -0.463 e. The topological polar surface area (TPSA) is 88.7 Å². The number of aromatic nitrogens is 4. The summed E-state index contributed by atoms with van der Waals surface area (Å²) >= 11 is 3.42. The van der Waals surface area contributed by atoms with Gasteiger partial charge >= 0.3 is 0 Å². The smallest absolute Gasteiger partial charge is 0.271 e. The fourth-order valence-corrected chi connectivity index (χ4v) is 2.45. The molecule has 7 nitrogen and oxygen atoms in total. The van der Waals surface area contributed by atoms with E-state index in [1.54, 1.807) is 24.5 Å². The van der Waals surface area contributed by atoms with Crippen molar-refractivity contribution in [3.05, 3.63) is 46.5 Å². The molecule has 0 fully saturated rings. The van der Waals surface area contributed by atoms with E-state index >= 15 is 0 Å². The Morgan fingerprint density at radius 3 is 3.09 bits per heavy atom. The molecule has 3 aromatic heterocycles. The highest BCUT2D eigenvalue weighted by atomic mass is 79.9. The van der Waals surface area contributed by atoms with E-state index in [0.717, 1.165) is 23.1 Å². The SMILES string of the molecule is Cc1nn(CCCNC(=O)c2cc(-c3ccco3)[nH]n2)cc1Br. The average molecular weight is 378 g/mol. The number of nitrogens with one attached hydrogen (secondary N) is 2. The van der Waals surface area contributed by atoms with Crippen LogP contribution in [0.2, 0.25) is 0 Å². The van der Waals surface area contributed by atoms with Gasteiger partial charge in [0.2, 0.25) is 0 Å². The quantitative estimate of drug-likeness (QED) is 0.646. The van der Waals surface area contributed by atoms with Gasteiger partial charge in [0, 0.05) is 25.4 Å². The minimum absolute atomic E-state index is 0.211. The Balaban J connectivity index is 1.48. The fourth-order valence-electron chi connectivity index (χ4n) is 2.14. The second kappa shape index (κ2) is 6.82. The van der Waals surface area contributed by atoms with Crippen molar-refractivity contribution in [1.29, 1.82) is 0 Å². The van der Waals surface area contributed by atoms with Gasteiger partial charge in [0.25, 0.3) is 5.91 Å². The first-order chi connectivity index (χ1) is 11.1.